The van der Waals surface area contributed by atoms with Crippen molar-refractivity contribution in [1.29, 1.82) is 0 Å². The van der Waals surface area contributed by atoms with Gasteiger partial charge in [0.25, 0.3) is 0 Å². The summed E-state index contributed by atoms with van der Waals surface area (Å²) in [6.07, 6.45) is 2.90. The molecule has 0 bridgehead atoms. The van der Waals surface area contributed by atoms with Crippen molar-refractivity contribution >= 4 is 33.4 Å². The quantitative estimate of drug-likeness (QED) is 0.484. The minimum absolute atomic E-state index is 0.0354. The summed E-state index contributed by atoms with van der Waals surface area (Å²) in [4.78, 5) is 12.1. The Morgan fingerprint density at radius 2 is 1.81 bits per heavy atom. The minimum Gasteiger partial charge on any atom is -0.289 e. The Balaban J connectivity index is 1.66. The number of nitrogens with one attached hydrogen (secondary N) is 1. The second kappa shape index (κ2) is 8.30. The number of nitrogens with zero attached hydrogens (tertiary/aromatic N) is 2. The van der Waals surface area contributed by atoms with Gasteiger partial charge in [0, 0.05) is 17.5 Å². The summed E-state index contributed by atoms with van der Waals surface area (Å²) >= 11 is 1.18. The third-order valence-corrected chi connectivity index (χ3v) is 5.55. The fraction of sp³-hybridized carbons (Fsp3) is 0.0556. The van der Waals surface area contributed by atoms with Crippen molar-refractivity contribution in [1.82, 2.24) is 14.3 Å². The molecule has 0 saturated heterocycles. The van der Waals surface area contributed by atoms with Gasteiger partial charge in [0.2, 0.25) is 10.0 Å². The number of halogens is 1. The summed E-state index contributed by atoms with van der Waals surface area (Å²) in [6.45, 7) is 0.0354. The molecule has 0 radical (unpaired) electrons. The minimum atomic E-state index is -3.75. The molecule has 0 amide bonds. The van der Waals surface area contributed by atoms with Crippen LogP contribution in [0.3, 0.4) is 0 Å². The van der Waals surface area contributed by atoms with Crippen molar-refractivity contribution < 1.29 is 17.6 Å². The summed E-state index contributed by atoms with van der Waals surface area (Å²) in [5.41, 5.74) is 1.57. The fourth-order valence-electron chi connectivity index (χ4n) is 2.16. The first kappa shape index (κ1) is 19.0. The Labute approximate surface area is 159 Å². The van der Waals surface area contributed by atoms with E-state index in [1.165, 1.54) is 66.1 Å². The van der Waals surface area contributed by atoms with Crippen molar-refractivity contribution in [2.75, 3.05) is 0 Å². The Hall–Kier alpha value is -2.75. The SMILES string of the molecule is O=C(/C=C\c1csnn1)c1ccc(S(=O)(=O)NCc2ccc(F)cc2)cc1. The van der Waals surface area contributed by atoms with E-state index >= 15 is 0 Å². The van der Waals surface area contributed by atoms with E-state index in [1.54, 1.807) is 11.5 Å². The van der Waals surface area contributed by atoms with Crippen molar-refractivity contribution in [2.24, 2.45) is 0 Å². The zero-order valence-corrected chi connectivity index (χ0v) is 15.5. The molecular formula is C18H14FN3O3S2. The molecule has 1 N–H and O–H groups in total. The van der Waals surface area contributed by atoms with E-state index in [-0.39, 0.29) is 23.0 Å². The molecule has 0 fully saturated rings. The third-order valence-electron chi connectivity index (χ3n) is 3.61. The summed E-state index contributed by atoms with van der Waals surface area (Å²) < 4.78 is 43.7. The van der Waals surface area contributed by atoms with Crippen LogP contribution in [0.5, 0.6) is 0 Å². The van der Waals surface area contributed by atoms with Gasteiger partial charge < -0.3 is 0 Å². The molecule has 1 aromatic heterocycles. The van der Waals surface area contributed by atoms with Crippen LogP contribution in [0.1, 0.15) is 21.6 Å². The smallest absolute Gasteiger partial charge is 0.240 e. The first-order valence-electron chi connectivity index (χ1n) is 7.78. The average molecular weight is 403 g/mol. The van der Waals surface area contributed by atoms with Gasteiger partial charge in [0.05, 0.1) is 10.6 Å². The number of benzene rings is 2. The summed E-state index contributed by atoms with van der Waals surface area (Å²) in [6, 6.07) is 11.1. The van der Waals surface area contributed by atoms with Gasteiger partial charge in [-0.25, -0.2) is 17.5 Å². The predicted octanol–water partition coefficient (Wildman–Crippen LogP) is 3.05. The Kier molecular flexibility index (Phi) is 5.84. The van der Waals surface area contributed by atoms with E-state index in [0.717, 1.165) is 0 Å². The van der Waals surface area contributed by atoms with Gasteiger partial charge in [-0.1, -0.05) is 16.6 Å². The van der Waals surface area contributed by atoms with Gasteiger partial charge in [0.15, 0.2) is 5.78 Å². The molecule has 138 valence electrons. The molecule has 0 unspecified atom stereocenters. The highest BCUT2D eigenvalue weighted by atomic mass is 32.2. The molecule has 0 aliphatic heterocycles. The van der Waals surface area contributed by atoms with Crippen molar-refractivity contribution in [3.05, 3.63) is 82.6 Å². The van der Waals surface area contributed by atoms with Crippen LogP contribution < -0.4 is 4.72 Å². The third kappa shape index (κ3) is 5.13. The van der Waals surface area contributed by atoms with Crippen molar-refractivity contribution in [2.45, 2.75) is 11.4 Å². The van der Waals surface area contributed by atoms with E-state index in [2.05, 4.69) is 14.3 Å². The number of sulfonamides is 1. The number of allylic oxidation sites excluding steroid dienone is 1. The molecule has 3 rings (SSSR count). The highest BCUT2D eigenvalue weighted by Gasteiger charge is 2.14. The predicted molar refractivity (Wildman–Crippen MR) is 100 cm³/mol. The van der Waals surface area contributed by atoms with Gasteiger partial charge in [0.1, 0.15) is 5.82 Å². The first-order chi connectivity index (χ1) is 12.9. The van der Waals surface area contributed by atoms with Crippen molar-refractivity contribution in [3.63, 3.8) is 0 Å². The van der Waals surface area contributed by atoms with Crippen LogP contribution in [0.4, 0.5) is 4.39 Å². The molecule has 0 aliphatic rings. The zero-order valence-electron chi connectivity index (χ0n) is 13.9. The van der Waals surface area contributed by atoms with E-state index in [4.69, 9.17) is 0 Å². The van der Waals surface area contributed by atoms with E-state index in [1.807, 2.05) is 0 Å². The van der Waals surface area contributed by atoms with Crippen molar-refractivity contribution in [3.8, 4) is 0 Å². The van der Waals surface area contributed by atoms with Crippen LogP contribution in [0, 0.1) is 5.82 Å². The van der Waals surface area contributed by atoms with Crippen LogP contribution in [0.15, 0.2) is 64.9 Å². The maximum absolute atomic E-state index is 12.9. The number of carbonyl (C=O) groups is 1. The molecule has 3 aromatic rings. The fourth-order valence-corrected chi connectivity index (χ4v) is 3.60. The Bertz CT molecular complexity index is 1050. The maximum atomic E-state index is 12.9. The molecule has 27 heavy (non-hydrogen) atoms. The first-order valence-corrected chi connectivity index (χ1v) is 10.1. The molecular weight excluding hydrogens is 389 g/mol. The van der Waals surface area contributed by atoms with E-state index in [9.17, 15) is 17.6 Å². The number of rotatable bonds is 7. The lowest BCUT2D eigenvalue weighted by Crippen LogP contribution is -2.23. The molecule has 1 heterocycles. The molecule has 0 saturated carbocycles. The number of carbonyl (C=O) groups excluding carboxylic acids is 1. The summed E-state index contributed by atoms with van der Waals surface area (Å²) in [5.74, 6) is -0.659. The van der Waals surface area contributed by atoms with Crippen LogP contribution >= 0.6 is 11.5 Å². The van der Waals surface area contributed by atoms with Crippen LogP contribution in [0.2, 0.25) is 0 Å². The summed E-state index contributed by atoms with van der Waals surface area (Å²) in [7, 11) is -3.75. The van der Waals surface area contributed by atoms with Gasteiger partial charge in [-0.05, 0) is 65.6 Å². The topological polar surface area (TPSA) is 89.0 Å². The molecule has 0 spiro atoms. The highest BCUT2D eigenvalue weighted by Crippen LogP contribution is 2.13. The van der Waals surface area contributed by atoms with Gasteiger partial charge >= 0.3 is 0 Å². The zero-order chi connectivity index (χ0) is 19.3. The molecule has 0 atom stereocenters. The van der Waals surface area contributed by atoms with E-state index < -0.39 is 10.0 Å². The lowest BCUT2D eigenvalue weighted by molar-refractivity contribution is 0.104. The molecule has 6 nitrogen and oxygen atoms in total. The largest absolute Gasteiger partial charge is 0.289 e. The lowest BCUT2D eigenvalue weighted by atomic mass is 10.1. The number of aromatic nitrogens is 2. The number of hydrogen-bond donors (Lipinski definition) is 1. The standard InChI is InChI=1S/C18H14FN3O3S2/c19-15-5-1-13(2-6-15)11-20-27(24,25)17-8-3-14(4-9-17)18(23)10-7-16-12-26-22-21-16/h1-10,12,20H,11H2/b10-7-. The monoisotopic (exact) mass is 403 g/mol. The molecule has 2 aromatic carbocycles. The number of hydrogen-bond acceptors (Lipinski definition) is 6. The normalized spacial score (nSPS) is 11.7. The van der Waals surface area contributed by atoms with Crippen LogP contribution in [0.25, 0.3) is 6.08 Å². The summed E-state index contributed by atoms with van der Waals surface area (Å²) in [5, 5.41) is 5.50. The Morgan fingerprint density at radius 1 is 1.11 bits per heavy atom. The second-order valence-electron chi connectivity index (χ2n) is 5.50. The average Bonchev–Trinajstić information content (AvgIpc) is 3.19. The lowest BCUT2D eigenvalue weighted by Gasteiger charge is -2.07. The number of ketones is 1. The maximum Gasteiger partial charge on any atom is 0.240 e. The van der Waals surface area contributed by atoms with Gasteiger partial charge in [-0.15, -0.1) is 5.10 Å². The molecule has 0 aliphatic carbocycles. The highest BCUT2D eigenvalue weighted by molar-refractivity contribution is 7.89. The van der Waals surface area contributed by atoms with E-state index in [0.29, 0.717) is 16.8 Å². The Morgan fingerprint density at radius 3 is 2.44 bits per heavy atom. The molecule has 9 heteroatoms. The second-order valence-corrected chi connectivity index (χ2v) is 7.88. The van der Waals surface area contributed by atoms with Gasteiger partial charge in [-0.3, -0.25) is 4.79 Å². The van der Waals surface area contributed by atoms with Crippen LogP contribution in [-0.4, -0.2) is 23.8 Å². The van der Waals surface area contributed by atoms with Crippen LogP contribution in [-0.2, 0) is 16.6 Å². The van der Waals surface area contributed by atoms with Gasteiger partial charge in [-0.2, -0.15) is 0 Å².